The second kappa shape index (κ2) is 6.76. The molecule has 3 heteroatoms. The van der Waals surface area contributed by atoms with Crippen LogP contribution in [-0.4, -0.2) is 12.1 Å². The summed E-state index contributed by atoms with van der Waals surface area (Å²) >= 11 is 0. The lowest BCUT2D eigenvalue weighted by Crippen LogP contribution is -2.03. The number of hydrogen-bond acceptors (Lipinski definition) is 3. The number of anilines is 1. The van der Waals surface area contributed by atoms with Gasteiger partial charge in [-0.15, -0.1) is 0 Å². The van der Waals surface area contributed by atoms with Crippen LogP contribution < -0.4 is 10.1 Å². The van der Waals surface area contributed by atoms with E-state index in [1.807, 2.05) is 66.7 Å². The largest absolute Gasteiger partial charge is 0.481 e. The number of aromatic nitrogens is 1. The van der Waals surface area contributed by atoms with Crippen molar-refractivity contribution in [2.45, 2.75) is 6.54 Å². The Balaban J connectivity index is 1.80. The third-order valence-electron chi connectivity index (χ3n) is 3.38. The normalized spacial score (nSPS) is 10.2. The number of ether oxygens (including phenoxy) is 1. The molecule has 3 nitrogen and oxygen atoms in total. The number of rotatable bonds is 5. The molecule has 3 aromatic rings. The Morgan fingerprint density at radius 2 is 1.82 bits per heavy atom. The first-order valence-corrected chi connectivity index (χ1v) is 7.17. The van der Waals surface area contributed by atoms with E-state index in [4.69, 9.17) is 4.74 Å². The van der Waals surface area contributed by atoms with Gasteiger partial charge in [0.2, 0.25) is 5.88 Å². The molecule has 2 aromatic carbocycles. The maximum absolute atomic E-state index is 5.43. The van der Waals surface area contributed by atoms with Gasteiger partial charge in [0, 0.05) is 29.4 Å². The van der Waals surface area contributed by atoms with Gasteiger partial charge in [0.15, 0.2) is 0 Å². The third-order valence-corrected chi connectivity index (χ3v) is 3.38. The predicted octanol–water partition coefficient (Wildman–Crippen LogP) is 4.17. The van der Waals surface area contributed by atoms with E-state index in [0.717, 1.165) is 22.5 Å². The second-order valence-electron chi connectivity index (χ2n) is 4.86. The van der Waals surface area contributed by atoms with Gasteiger partial charge >= 0.3 is 0 Å². The molecule has 0 spiro atoms. The lowest BCUT2D eigenvalue weighted by molar-refractivity contribution is 0.393. The Labute approximate surface area is 130 Å². The van der Waals surface area contributed by atoms with Gasteiger partial charge in [0.1, 0.15) is 0 Å². The molecular weight excluding hydrogens is 272 g/mol. The highest BCUT2D eigenvalue weighted by atomic mass is 16.5. The fourth-order valence-electron chi connectivity index (χ4n) is 2.24. The number of hydrogen-bond donors (Lipinski definition) is 1. The number of para-hydroxylation sites is 1. The first kappa shape index (κ1) is 14.1. The van der Waals surface area contributed by atoms with Crippen molar-refractivity contribution >= 4 is 5.69 Å². The average molecular weight is 289 g/mol. The summed E-state index contributed by atoms with van der Waals surface area (Å²) < 4.78 is 5.43. The number of nitrogens with one attached hydrogen (secondary N) is 1. The minimum absolute atomic E-state index is 0.643. The lowest BCUT2D eigenvalue weighted by Gasteiger charge is -2.11. The molecule has 0 atom stereocenters. The molecule has 0 fully saturated rings. The van der Waals surface area contributed by atoms with Gasteiger partial charge < -0.3 is 10.1 Å². The molecule has 1 radical (unpaired) electrons. The summed E-state index contributed by atoms with van der Waals surface area (Å²) in [6.07, 6.45) is 0. The van der Waals surface area contributed by atoms with E-state index >= 15 is 0 Å². The van der Waals surface area contributed by atoms with Crippen LogP contribution in [0.5, 0.6) is 5.88 Å². The van der Waals surface area contributed by atoms with Gasteiger partial charge in [-0.1, -0.05) is 48.5 Å². The zero-order chi connectivity index (χ0) is 15.2. The smallest absolute Gasteiger partial charge is 0.218 e. The fourth-order valence-corrected chi connectivity index (χ4v) is 2.24. The number of pyridine rings is 1. The van der Waals surface area contributed by atoms with Crippen LogP contribution in [0.1, 0.15) is 5.56 Å². The van der Waals surface area contributed by atoms with Crippen LogP contribution in [-0.2, 0) is 6.54 Å². The quantitative estimate of drug-likeness (QED) is 0.765. The van der Waals surface area contributed by atoms with Crippen LogP contribution in [0.15, 0.2) is 66.7 Å². The molecule has 1 aromatic heterocycles. The van der Waals surface area contributed by atoms with Crippen molar-refractivity contribution in [2.75, 3.05) is 12.4 Å². The minimum Gasteiger partial charge on any atom is -0.481 e. The van der Waals surface area contributed by atoms with E-state index in [2.05, 4.69) is 16.4 Å². The summed E-state index contributed by atoms with van der Waals surface area (Å²) in [4.78, 5) is 4.60. The van der Waals surface area contributed by atoms with Crippen molar-refractivity contribution in [1.82, 2.24) is 4.98 Å². The van der Waals surface area contributed by atoms with E-state index in [-0.39, 0.29) is 0 Å². The Morgan fingerprint density at radius 3 is 2.55 bits per heavy atom. The maximum atomic E-state index is 5.43. The van der Waals surface area contributed by atoms with Crippen LogP contribution >= 0.6 is 0 Å². The second-order valence-corrected chi connectivity index (χ2v) is 4.86. The highest BCUT2D eigenvalue weighted by Crippen LogP contribution is 2.23. The molecular formula is C19H17N2O. The van der Waals surface area contributed by atoms with Crippen molar-refractivity contribution in [3.63, 3.8) is 0 Å². The van der Waals surface area contributed by atoms with Crippen molar-refractivity contribution in [1.29, 1.82) is 0 Å². The molecule has 1 N–H and O–H groups in total. The summed E-state index contributed by atoms with van der Waals surface area (Å²) in [6.45, 7) is 0.645. The summed E-state index contributed by atoms with van der Waals surface area (Å²) in [6, 6.07) is 25.1. The molecule has 109 valence electrons. The van der Waals surface area contributed by atoms with Crippen LogP contribution in [0.3, 0.4) is 0 Å². The van der Waals surface area contributed by atoms with Crippen LogP contribution in [0, 0.1) is 6.07 Å². The van der Waals surface area contributed by atoms with E-state index < -0.39 is 0 Å². The zero-order valence-corrected chi connectivity index (χ0v) is 12.4. The van der Waals surface area contributed by atoms with E-state index in [1.165, 1.54) is 0 Å². The lowest BCUT2D eigenvalue weighted by atomic mass is 10.1. The summed E-state index contributed by atoms with van der Waals surface area (Å²) in [7, 11) is 1.65. The molecule has 1 heterocycles. The van der Waals surface area contributed by atoms with Crippen molar-refractivity contribution in [3.8, 4) is 17.1 Å². The van der Waals surface area contributed by atoms with Crippen molar-refractivity contribution in [2.24, 2.45) is 0 Å². The third kappa shape index (κ3) is 3.26. The molecule has 0 amide bonds. The topological polar surface area (TPSA) is 34.1 Å². The molecule has 0 saturated heterocycles. The molecule has 22 heavy (non-hydrogen) atoms. The Bertz CT molecular complexity index is 727. The van der Waals surface area contributed by atoms with Gasteiger partial charge in [-0.25, -0.2) is 4.98 Å². The fraction of sp³-hybridized carbons (Fsp3) is 0.105. The van der Waals surface area contributed by atoms with E-state index in [0.29, 0.717) is 12.4 Å². The predicted molar refractivity (Wildman–Crippen MR) is 88.8 cm³/mol. The Morgan fingerprint density at radius 1 is 1.00 bits per heavy atom. The van der Waals surface area contributed by atoms with Gasteiger partial charge in [0.05, 0.1) is 12.8 Å². The first-order chi connectivity index (χ1) is 10.9. The zero-order valence-electron chi connectivity index (χ0n) is 12.4. The summed E-state index contributed by atoms with van der Waals surface area (Å²) in [5.74, 6) is 0.643. The molecule has 0 unspecified atom stereocenters. The standard InChI is InChI=1S/C19H17N2O/c1-22-19-16(14-20-17-10-6-3-7-11-17)12-13-18(21-19)15-8-4-2-5-9-15/h2-10,12-13,20H,14H2,1H3. The molecule has 0 bridgehead atoms. The average Bonchev–Trinajstić information content (AvgIpc) is 2.61. The molecule has 3 rings (SSSR count). The first-order valence-electron chi connectivity index (χ1n) is 7.17. The Hall–Kier alpha value is -2.81. The molecule has 0 aliphatic carbocycles. The number of nitrogens with zero attached hydrogens (tertiary/aromatic N) is 1. The number of benzene rings is 2. The van der Waals surface area contributed by atoms with Gasteiger partial charge in [-0.3, -0.25) is 0 Å². The highest BCUT2D eigenvalue weighted by molar-refractivity contribution is 5.60. The van der Waals surface area contributed by atoms with Gasteiger partial charge in [-0.2, -0.15) is 0 Å². The monoisotopic (exact) mass is 289 g/mol. The van der Waals surface area contributed by atoms with Gasteiger partial charge in [-0.05, 0) is 18.2 Å². The minimum atomic E-state index is 0.643. The maximum Gasteiger partial charge on any atom is 0.218 e. The van der Waals surface area contributed by atoms with Gasteiger partial charge in [0.25, 0.3) is 0 Å². The van der Waals surface area contributed by atoms with Crippen molar-refractivity contribution in [3.05, 3.63) is 78.4 Å². The SMILES string of the molecule is COc1nc(-c2ccccc2)ccc1CNc1[c]cccc1. The summed E-state index contributed by atoms with van der Waals surface area (Å²) in [5, 5.41) is 3.32. The Kier molecular flexibility index (Phi) is 4.35. The van der Waals surface area contributed by atoms with E-state index in [9.17, 15) is 0 Å². The van der Waals surface area contributed by atoms with E-state index in [1.54, 1.807) is 7.11 Å². The van der Waals surface area contributed by atoms with Crippen LogP contribution in [0.4, 0.5) is 5.69 Å². The highest BCUT2D eigenvalue weighted by Gasteiger charge is 2.07. The van der Waals surface area contributed by atoms with Crippen molar-refractivity contribution < 1.29 is 4.74 Å². The van der Waals surface area contributed by atoms with Crippen LogP contribution in [0.2, 0.25) is 0 Å². The summed E-state index contributed by atoms with van der Waals surface area (Å²) in [5.41, 5.74) is 3.96. The molecule has 0 aliphatic heterocycles. The molecule has 0 aliphatic rings. The van der Waals surface area contributed by atoms with Crippen LogP contribution in [0.25, 0.3) is 11.3 Å². The number of methoxy groups -OCH3 is 1. The molecule has 0 saturated carbocycles.